The normalized spacial score (nSPS) is 15.4. The third-order valence-electron chi connectivity index (χ3n) is 3.57. The molecule has 7 heteroatoms. The molecule has 1 fully saturated rings. The van der Waals surface area contributed by atoms with E-state index in [9.17, 15) is 9.59 Å². The lowest BCUT2D eigenvalue weighted by atomic mass is 10.2. The van der Waals surface area contributed by atoms with Gasteiger partial charge in [0.25, 0.3) is 0 Å². The molecule has 3 amide bonds. The fourth-order valence-corrected chi connectivity index (χ4v) is 2.42. The van der Waals surface area contributed by atoms with E-state index in [-0.39, 0.29) is 12.1 Å². The van der Waals surface area contributed by atoms with Gasteiger partial charge in [-0.3, -0.25) is 0 Å². The molecule has 1 aromatic carbocycles. The first-order valence-electron chi connectivity index (χ1n) is 8.20. The van der Waals surface area contributed by atoms with Crippen LogP contribution in [-0.2, 0) is 4.74 Å². The van der Waals surface area contributed by atoms with Gasteiger partial charge < -0.3 is 19.9 Å². The molecule has 25 heavy (non-hydrogen) atoms. The maximum atomic E-state index is 12.2. The Morgan fingerprint density at radius 1 is 1.08 bits per heavy atom. The van der Waals surface area contributed by atoms with Crippen molar-refractivity contribution in [1.29, 1.82) is 0 Å². The van der Waals surface area contributed by atoms with Crippen molar-refractivity contribution in [3.05, 3.63) is 41.1 Å². The quantitative estimate of drug-likeness (QED) is 0.871. The molecule has 1 heterocycles. The number of nitrogens with one attached hydrogen (secondary N) is 1. The summed E-state index contributed by atoms with van der Waals surface area (Å²) in [5, 5.41) is 3.41. The van der Waals surface area contributed by atoms with Gasteiger partial charge in [0.1, 0.15) is 5.60 Å². The van der Waals surface area contributed by atoms with Crippen LogP contribution in [0.25, 0.3) is 6.08 Å². The van der Waals surface area contributed by atoms with Crippen LogP contribution in [0.4, 0.5) is 9.59 Å². The topological polar surface area (TPSA) is 61.9 Å². The molecule has 0 atom stereocenters. The molecule has 1 aliphatic heterocycles. The summed E-state index contributed by atoms with van der Waals surface area (Å²) in [6.45, 7) is 7.37. The molecule has 0 unspecified atom stereocenters. The minimum Gasteiger partial charge on any atom is -0.444 e. The SMILES string of the molecule is CC(C)(C)OC(=O)N1CCN(C(=O)N/C=C/c2ccc(Cl)cc2)CC1. The molecule has 0 spiro atoms. The molecule has 0 aliphatic carbocycles. The number of hydrogen-bond donors (Lipinski definition) is 1. The van der Waals surface area contributed by atoms with Gasteiger partial charge in [0.05, 0.1) is 0 Å². The Labute approximate surface area is 153 Å². The summed E-state index contributed by atoms with van der Waals surface area (Å²) in [5.74, 6) is 0. The standard InChI is InChI=1S/C18H24ClN3O3/c1-18(2,3)25-17(24)22-12-10-21(11-13-22)16(23)20-9-8-14-4-6-15(19)7-5-14/h4-9H,10-13H2,1-3H3,(H,20,23)/b9-8+. The molecule has 0 aromatic heterocycles. The van der Waals surface area contributed by atoms with Gasteiger partial charge in [-0.1, -0.05) is 23.7 Å². The Bertz CT molecular complexity index is 630. The van der Waals surface area contributed by atoms with Gasteiger partial charge in [-0.25, -0.2) is 9.59 Å². The van der Waals surface area contributed by atoms with E-state index in [1.807, 2.05) is 32.9 Å². The molecule has 1 aliphatic rings. The molecular weight excluding hydrogens is 342 g/mol. The van der Waals surface area contributed by atoms with Crippen molar-refractivity contribution in [2.75, 3.05) is 26.2 Å². The summed E-state index contributed by atoms with van der Waals surface area (Å²) in [6, 6.07) is 7.13. The van der Waals surface area contributed by atoms with Crippen LogP contribution >= 0.6 is 11.6 Å². The number of ether oxygens (including phenoxy) is 1. The molecule has 1 N–H and O–H groups in total. The summed E-state index contributed by atoms with van der Waals surface area (Å²) in [6.07, 6.45) is 3.06. The van der Waals surface area contributed by atoms with E-state index in [2.05, 4.69) is 5.32 Å². The zero-order valence-electron chi connectivity index (χ0n) is 14.8. The van der Waals surface area contributed by atoms with Crippen molar-refractivity contribution in [1.82, 2.24) is 15.1 Å². The van der Waals surface area contributed by atoms with Gasteiger partial charge in [-0.15, -0.1) is 0 Å². The van der Waals surface area contributed by atoms with E-state index in [1.54, 1.807) is 34.2 Å². The lowest BCUT2D eigenvalue weighted by Gasteiger charge is -2.35. The highest BCUT2D eigenvalue weighted by molar-refractivity contribution is 6.30. The fraction of sp³-hybridized carbons (Fsp3) is 0.444. The van der Waals surface area contributed by atoms with E-state index in [4.69, 9.17) is 16.3 Å². The minimum atomic E-state index is -0.516. The van der Waals surface area contributed by atoms with Crippen LogP contribution in [0, 0.1) is 0 Å². The highest BCUT2D eigenvalue weighted by Gasteiger charge is 2.27. The molecule has 6 nitrogen and oxygen atoms in total. The van der Waals surface area contributed by atoms with E-state index in [1.165, 1.54) is 0 Å². The lowest BCUT2D eigenvalue weighted by molar-refractivity contribution is 0.0171. The third kappa shape index (κ3) is 6.31. The zero-order chi connectivity index (χ0) is 18.4. The number of piperazine rings is 1. The second kappa shape index (κ2) is 8.25. The smallest absolute Gasteiger partial charge is 0.410 e. The molecule has 136 valence electrons. The van der Waals surface area contributed by atoms with Gasteiger partial charge in [0, 0.05) is 37.4 Å². The van der Waals surface area contributed by atoms with Crippen molar-refractivity contribution in [3.8, 4) is 0 Å². The lowest BCUT2D eigenvalue weighted by Crippen LogP contribution is -2.53. The van der Waals surface area contributed by atoms with Crippen LogP contribution in [0.15, 0.2) is 30.5 Å². The highest BCUT2D eigenvalue weighted by Crippen LogP contribution is 2.12. The van der Waals surface area contributed by atoms with Crippen LogP contribution in [0.1, 0.15) is 26.3 Å². The summed E-state index contributed by atoms with van der Waals surface area (Å²) in [4.78, 5) is 27.5. The Hall–Kier alpha value is -2.21. The van der Waals surface area contributed by atoms with Crippen LogP contribution in [0.5, 0.6) is 0 Å². The van der Waals surface area contributed by atoms with Crippen LogP contribution in [-0.4, -0.2) is 53.7 Å². The second-order valence-corrected chi connectivity index (χ2v) is 7.23. The van der Waals surface area contributed by atoms with Gasteiger partial charge in [-0.05, 0) is 44.5 Å². The molecular formula is C18H24ClN3O3. The van der Waals surface area contributed by atoms with E-state index < -0.39 is 5.60 Å². The minimum absolute atomic E-state index is 0.186. The summed E-state index contributed by atoms with van der Waals surface area (Å²) in [7, 11) is 0. The first-order chi connectivity index (χ1) is 11.7. The summed E-state index contributed by atoms with van der Waals surface area (Å²) < 4.78 is 5.34. The number of urea groups is 1. The maximum absolute atomic E-state index is 12.2. The van der Waals surface area contributed by atoms with Crippen molar-refractivity contribution in [2.24, 2.45) is 0 Å². The van der Waals surface area contributed by atoms with Crippen LogP contribution in [0.3, 0.4) is 0 Å². The highest BCUT2D eigenvalue weighted by atomic mass is 35.5. The Morgan fingerprint density at radius 3 is 2.20 bits per heavy atom. The van der Waals surface area contributed by atoms with Gasteiger partial charge in [0.15, 0.2) is 0 Å². The largest absolute Gasteiger partial charge is 0.444 e. The Kier molecular flexibility index (Phi) is 6.31. The number of carbonyl (C=O) groups is 2. The number of nitrogens with zero attached hydrogens (tertiary/aromatic N) is 2. The van der Waals surface area contributed by atoms with Gasteiger partial charge >= 0.3 is 12.1 Å². The van der Waals surface area contributed by atoms with Crippen molar-refractivity contribution in [2.45, 2.75) is 26.4 Å². The second-order valence-electron chi connectivity index (χ2n) is 6.79. The number of benzene rings is 1. The predicted octanol–water partition coefficient (Wildman–Crippen LogP) is 3.57. The zero-order valence-corrected chi connectivity index (χ0v) is 15.5. The molecule has 0 radical (unpaired) electrons. The van der Waals surface area contributed by atoms with Gasteiger partial charge in [0.2, 0.25) is 0 Å². The number of halogens is 1. The molecule has 1 aromatic rings. The number of hydrogen-bond acceptors (Lipinski definition) is 3. The average Bonchev–Trinajstić information content (AvgIpc) is 2.55. The summed E-state index contributed by atoms with van der Waals surface area (Å²) in [5.41, 5.74) is 0.428. The first kappa shape index (κ1) is 19.1. The number of amides is 3. The van der Waals surface area contributed by atoms with Crippen molar-refractivity contribution in [3.63, 3.8) is 0 Å². The Balaban J connectivity index is 1.77. The van der Waals surface area contributed by atoms with E-state index in [0.717, 1.165) is 5.56 Å². The predicted molar refractivity (Wildman–Crippen MR) is 98.4 cm³/mol. The Morgan fingerprint density at radius 2 is 1.64 bits per heavy atom. The monoisotopic (exact) mass is 365 g/mol. The van der Waals surface area contributed by atoms with Crippen molar-refractivity contribution < 1.29 is 14.3 Å². The van der Waals surface area contributed by atoms with Gasteiger partial charge in [-0.2, -0.15) is 0 Å². The first-order valence-corrected chi connectivity index (χ1v) is 8.58. The van der Waals surface area contributed by atoms with Crippen LogP contribution in [0.2, 0.25) is 5.02 Å². The molecule has 0 bridgehead atoms. The molecule has 2 rings (SSSR count). The number of carbonyl (C=O) groups excluding carboxylic acids is 2. The molecule has 0 saturated carbocycles. The molecule has 1 saturated heterocycles. The number of rotatable bonds is 2. The van der Waals surface area contributed by atoms with Crippen LogP contribution < -0.4 is 5.32 Å². The van der Waals surface area contributed by atoms with E-state index >= 15 is 0 Å². The summed E-state index contributed by atoms with van der Waals surface area (Å²) >= 11 is 5.83. The fourth-order valence-electron chi connectivity index (χ4n) is 2.29. The van der Waals surface area contributed by atoms with E-state index in [0.29, 0.717) is 31.2 Å². The third-order valence-corrected chi connectivity index (χ3v) is 3.82. The van der Waals surface area contributed by atoms with Crippen molar-refractivity contribution >= 4 is 29.8 Å². The maximum Gasteiger partial charge on any atom is 0.410 e. The average molecular weight is 366 g/mol.